The van der Waals surface area contributed by atoms with Crippen LogP contribution < -0.4 is 0 Å². The highest BCUT2D eigenvalue weighted by atomic mass is 32.1. The third kappa shape index (κ3) is 24.5. The van der Waals surface area contributed by atoms with Gasteiger partial charge in [0.05, 0.1) is 6.61 Å². The number of rotatable bonds is 20. The highest BCUT2D eigenvalue weighted by molar-refractivity contribution is 7.80. The maximum atomic E-state index is 10.5. The quantitative estimate of drug-likeness (QED) is 0.122. The summed E-state index contributed by atoms with van der Waals surface area (Å²) in [4.78, 5) is 17.1. The van der Waals surface area contributed by atoms with Crippen molar-refractivity contribution in [2.45, 2.75) is 109 Å². The van der Waals surface area contributed by atoms with Gasteiger partial charge in [0.2, 0.25) is 0 Å². The minimum Gasteiger partial charge on any atom is -0.303 e. The number of unbranched alkanes of at least 4 members (excludes halogenated alkanes) is 16. The van der Waals surface area contributed by atoms with Gasteiger partial charge in [0.1, 0.15) is 0 Å². The molecule has 0 radical (unpaired) electrons. The van der Waals surface area contributed by atoms with E-state index >= 15 is 0 Å². The van der Waals surface area contributed by atoms with Crippen LogP contribution in [-0.2, 0) is 9.09 Å². The second-order valence-electron chi connectivity index (χ2n) is 7.06. The lowest BCUT2D eigenvalue weighted by Crippen LogP contribution is -1.92. The van der Waals surface area contributed by atoms with Crippen molar-refractivity contribution in [3.63, 3.8) is 0 Å². The number of phosphoric ester groups is 1. The molecule has 0 aromatic carbocycles. The van der Waals surface area contributed by atoms with E-state index in [1.807, 2.05) is 0 Å². The van der Waals surface area contributed by atoms with Gasteiger partial charge in [-0.2, -0.15) is 12.6 Å². The van der Waals surface area contributed by atoms with Crippen LogP contribution in [0.4, 0.5) is 0 Å². The normalized spacial score (nSPS) is 12.0. The molecule has 0 amide bonds. The summed E-state index contributed by atoms with van der Waals surface area (Å²) < 4.78 is 14.9. The Balaban J connectivity index is 3.02. The molecule has 0 unspecified atom stereocenters. The third-order valence-electron chi connectivity index (χ3n) is 4.56. The van der Waals surface area contributed by atoms with Crippen LogP contribution in [0.1, 0.15) is 109 Å². The molecule has 0 aromatic rings. The van der Waals surface area contributed by atoms with Crippen LogP contribution in [-0.4, -0.2) is 22.1 Å². The molecule has 0 aliphatic carbocycles. The fourth-order valence-corrected chi connectivity index (χ4v) is 3.64. The van der Waals surface area contributed by atoms with Gasteiger partial charge in [0, 0.05) is 0 Å². The molecule has 2 N–H and O–H groups in total. The maximum Gasteiger partial charge on any atom is 0.469 e. The standard InChI is InChI=1S/C19H41O4PS/c20-24(21,22)23-18-16-14-12-10-8-6-4-2-1-3-5-7-9-11-13-15-17-19-25/h25H,1-19H2,(H2,20,21,22). The average Bonchev–Trinajstić information content (AvgIpc) is 2.56. The van der Waals surface area contributed by atoms with Crippen LogP contribution >= 0.6 is 20.5 Å². The van der Waals surface area contributed by atoms with E-state index in [4.69, 9.17) is 9.79 Å². The van der Waals surface area contributed by atoms with E-state index in [0.717, 1.165) is 25.0 Å². The van der Waals surface area contributed by atoms with Gasteiger partial charge in [-0.1, -0.05) is 96.3 Å². The van der Waals surface area contributed by atoms with Gasteiger partial charge in [-0.25, -0.2) is 4.57 Å². The molecule has 0 atom stereocenters. The van der Waals surface area contributed by atoms with Gasteiger partial charge in [0.25, 0.3) is 0 Å². The van der Waals surface area contributed by atoms with Crippen molar-refractivity contribution >= 4 is 20.5 Å². The van der Waals surface area contributed by atoms with Crippen LogP contribution in [0.3, 0.4) is 0 Å². The van der Waals surface area contributed by atoms with E-state index < -0.39 is 7.82 Å². The Morgan fingerprint density at radius 2 is 0.840 bits per heavy atom. The molecule has 0 aromatic heterocycles. The van der Waals surface area contributed by atoms with E-state index in [-0.39, 0.29) is 6.61 Å². The number of thiol groups is 1. The number of hydrogen-bond acceptors (Lipinski definition) is 3. The van der Waals surface area contributed by atoms with Crippen LogP contribution in [0.15, 0.2) is 0 Å². The molecule has 152 valence electrons. The lowest BCUT2D eigenvalue weighted by atomic mass is 10.0. The molecule has 4 nitrogen and oxygen atoms in total. The zero-order chi connectivity index (χ0) is 18.6. The van der Waals surface area contributed by atoms with Crippen molar-refractivity contribution in [1.82, 2.24) is 0 Å². The lowest BCUT2D eigenvalue weighted by molar-refractivity contribution is 0.193. The highest BCUT2D eigenvalue weighted by Gasteiger charge is 2.12. The van der Waals surface area contributed by atoms with Crippen molar-refractivity contribution < 1.29 is 18.9 Å². The van der Waals surface area contributed by atoms with E-state index in [0.29, 0.717) is 0 Å². The second kappa shape index (κ2) is 19.2. The third-order valence-corrected chi connectivity index (χ3v) is 5.40. The number of phosphoric acid groups is 1. The molecule has 0 fully saturated rings. The Labute approximate surface area is 161 Å². The molecule has 0 saturated heterocycles. The topological polar surface area (TPSA) is 66.8 Å². The van der Waals surface area contributed by atoms with Crippen LogP contribution in [0.25, 0.3) is 0 Å². The second-order valence-corrected chi connectivity index (χ2v) is 8.74. The van der Waals surface area contributed by atoms with Crippen LogP contribution in [0, 0.1) is 0 Å². The van der Waals surface area contributed by atoms with Gasteiger partial charge in [-0.15, -0.1) is 0 Å². The summed E-state index contributed by atoms with van der Waals surface area (Å²) in [5.41, 5.74) is 0. The lowest BCUT2D eigenvalue weighted by Gasteiger charge is -2.05. The van der Waals surface area contributed by atoms with Crippen LogP contribution in [0.5, 0.6) is 0 Å². The van der Waals surface area contributed by atoms with Gasteiger partial charge < -0.3 is 9.79 Å². The molecule has 0 aliphatic heterocycles. The van der Waals surface area contributed by atoms with Crippen molar-refractivity contribution in [2.24, 2.45) is 0 Å². The summed E-state index contributed by atoms with van der Waals surface area (Å²) in [5, 5.41) is 0. The Kier molecular flexibility index (Phi) is 19.6. The monoisotopic (exact) mass is 396 g/mol. The summed E-state index contributed by atoms with van der Waals surface area (Å²) >= 11 is 4.24. The molecule has 0 spiro atoms. The van der Waals surface area contributed by atoms with Crippen molar-refractivity contribution in [1.29, 1.82) is 0 Å². The smallest absolute Gasteiger partial charge is 0.303 e. The molecule has 0 rings (SSSR count). The Bertz CT molecular complexity index is 310. The molecule has 6 heteroatoms. The molecule has 0 saturated carbocycles. The van der Waals surface area contributed by atoms with Gasteiger partial charge >= 0.3 is 7.82 Å². The molecular weight excluding hydrogens is 355 g/mol. The summed E-state index contributed by atoms with van der Waals surface area (Å²) in [6, 6.07) is 0. The zero-order valence-electron chi connectivity index (χ0n) is 16.0. The van der Waals surface area contributed by atoms with Crippen molar-refractivity contribution in [2.75, 3.05) is 12.4 Å². The first-order chi connectivity index (χ1) is 12.1. The van der Waals surface area contributed by atoms with E-state index in [1.165, 1.54) is 89.9 Å². The first-order valence-corrected chi connectivity index (χ1v) is 12.5. The van der Waals surface area contributed by atoms with E-state index in [2.05, 4.69) is 17.2 Å². The van der Waals surface area contributed by atoms with Crippen molar-refractivity contribution in [3.05, 3.63) is 0 Å². The predicted octanol–water partition coefficient (Wildman–Crippen LogP) is 6.66. The molecular formula is C19H41O4PS. The number of hydrogen-bond donors (Lipinski definition) is 3. The Morgan fingerprint density at radius 3 is 1.12 bits per heavy atom. The van der Waals surface area contributed by atoms with Gasteiger partial charge in [-0.3, -0.25) is 4.52 Å². The molecule has 0 heterocycles. The SMILES string of the molecule is O=P(O)(O)OCCCCCCCCCCCCCCCCCCCS. The Morgan fingerprint density at radius 1 is 0.560 bits per heavy atom. The fourth-order valence-electron chi connectivity index (χ4n) is 3.05. The largest absolute Gasteiger partial charge is 0.469 e. The van der Waals surface area contributed by atoms with Gasteiger partial charge in [-0.05, 0) is 18.6 Å². The summed E-state index contributed by atoms with van der Waals surface area (Å²) in [5.74, 6) is 1.04. The minimum absolute atomic E-state index is 0.167. The van der Waals surface area contributed by atoms with Crippen LogP contribution in [0.2, 0.25) is 0 Å². The predicted molar refractivity (Wildman–Crippen MR) is 110 cm³/mol. The molecule has 0 bridgehead atoms. The minimum atomic E-state index is -4.26. The summed E-state index contributed by atoms with van der Waals surface area (Å²) in [7, 11) is -4.26. The molecule has 0 aliphatic rings. The van der Waals surface area contributed by atoms with E-state index in [9.17, 15) is 4.57 Å². The van der Waals surface area contributed by atoms with Crippen molar-refractivity contribution in [3.8, 4) is 0 Å². The summed E-state index contributed by atoms with van der Waals surface area (Å²) in [6.07, 6.45) is 21.8. The summed E-state index contributed by atoms with van der Waals surface area (Å²) in [6.45, 7) is 0.167. The maximum absolute atomic E-state index is 10.5. The van der Waals surface area contributed by atoms with Gasteiger partial charge in [0.15, 0.2) is 0 Å². The fraction of sp³-hybridized carbons (Fsp3) is 1.00. The highest BCUT2D eigenvalue weighted by Crippen LogP contribution is 2.35. The molecule has 25 heavy (non-hydrogen) atoms. The Hall–Kier alpha value is 0.460. The zero-order valence-corrected chi connectivity index (χ0v) is 17.8. The average molecular weight is 397 g/mol. The first-order valence-electron chi connectivity index (χ1n) is 10.4. The first kappa shape index (κ1) is 25.5. The van der Waals surface area contributed by atoms with E-state index in [1.54, 1.807) is 0 Å².